The predicted octanol–water partition coefficient (Wildman–Crippen LogP) is 6.07. The van der Waals surface area contributed by atoms with Crippen molar-refractivity contribution in [3.63, 3.8) is 0 Å². The normalized spacial score (nSPS) is 16.9. The number of Topliss-reactive ketones (excluding diaryl/α,β-unsaturated/α-hetero) is 1. The van der Waals surface area contributed by atoms with Crippen LogP contribution in [0.5, 0.6) is 11.5 Å². The summed E-state index contributed by atoms with van der Waals surface area (Å²) in [4.78, 5) is 29.6. The molecule has 3 aromatic carbocycles. The van der Waals surface area contributed by atoms with Gasteiger partial charge in [-0.2, -0.15) is 13.2 Å². The number of aliphatic hydroxyl groups is 1. The number of hydrogen-bond donors (Lipinski definition) is 1. The zero-order valence-corrected chi connectivity index (χ0v) is 22.1. The molecule has 1 aliphatic heterocycles. The summed E-state index contributed by atoms with van der Waals surface area (Å²) < 4.78 is 51.1. The standard InChI is InChI=1S/C28H24ClF3N2O5/c1-33(2)17-10-8-15(9-11-17)24-23(25(35)19-13-22(39-4)20(29)14-21(19)38-3)26(36)27(37)34(24)18-7-5-6-16(12-18)28(30,31)32/h5-14,24,35H,1-4H3/b25-23+. The lowest BCUT2D eigenvalue weighted by molar-refractivity contribution is -0.137. The molecule has 11 heteroatoms. The van der Waals surface area contributed by atoms with Crippen LogP contribution in [-0.4, -0.2) is 45.1 Å². The van der Waals surface area contributed by atoms with Gasteiger partial charge in [-0.05, 0) is 42.0 Å². The molecule has 0 saturated carbocycles. The van der Waals surface area contributed by atoms with Gasteiger partial charge in [-0.25, -0.2) is 0 Å². The monoisotopic (exact) mass is 560 g/mol. The zero-order chi connectivity index (χ0) is 28.6. The fourth-order valence-corrected chi connectivity index (χ4v) is 4.62. The first-order chi connectivity index (χ1) is 18.4. The number of carbonyl (C=O) groups excluding carboxylic acids is 2. The van der Waals surface area contributed by atoms with Crippen LogP contribution in [0.3, 0.4) is 0 Å². The van der Waals surface area contributed by atoms with Crippen LogP contribution in [0, 0.1) is 0 Å². The highest BCUT2D eigenvalue weighted by atomic mass is 35.5. The minimum absolute atomic E-state index is 0.00991. The van der Waals surface area contributed by atoms with Crippen molar-refractivity contribution in [2.75, 3.05) is 38.1 Å². The molecule has 1 amide bonds. The topological polar surface area (TPSA) is 79.3 Å². The van der Waals surface area contributed by atoms with E-state index in [0.29, 0.717) is 5.56 Å². The van der Waals surface area contributed by atoms with Gasteiger partial charge in [0, 0.05) is 31.5 Å². The second-order valence-corrected chi connectivity index (χ2v) is 9.30. The summed E-state index contributed by atoms with van der Waals surface area (Å²) in [6, 6.07) is 12.3. The van der Waals surface area contributed by atoms with E-state index in [1.807, 2.05) is 19.0 Å². The number of methoxy groups -OCH3 is 2. The molecule has 1 saturated heterocycles. The number of hydrogen-bond acceptors (Lipinski definition) is 6. The quantitative estimate of drug-likeness (QED) is 0.224. The minimum Gasteiger partial charge on any atom is -0.507 e. The third-order valence-corrected chi connectivity index (χ3v) is 6.65. The molecule has 0 bridgehead atoms. The largest absolute Gasteiger partial charge is 0.507 e. The predicted molar refractivity (Wildman–Crippen MR) is 142 cm³/mol. The van der Waals surface area contributed by atoms with E-state index in [9.17, 15) is 27.9 Å². The summed E-state index contributed by atoms with van der Waals surface area (Å²) in [6.45, 7) is 0. The van der Waals surface area contributed by atoms with E-state index >= 15 is 0 Å². The number of halogens is 4. The van der Waals surface area contributed by atoms with Crippen LogP contribution in [-0.2, 0) is 15.8 Å². The maximum atomic E-state index is 13.5. The lowest BCUT2D eigenvalue weighted by Gasteiger charge is -2.26. The fraction of sp³-hybridized carbons (Fsp3) is 0.214. The second kappa shape index (κ2) is 10.5. The van der Waals surface area contributed by atoms with Gasteiger partial charge in [0.15, 0.2) is 0 Å². The Kier molecular flexibility index (Phi) is 7.52. The Balaban J connectivity index is 2.00. The average Bonchev–Trinajstić information content (AvgIpc) is 3.17. The summed E-state index contributed by atoms with van der Waals surface area (Å²) in [5.74, 6) is -2.53. The van der Waals surface area contributed by atoms with E-state index in [4.69, 9.17) is 21.1 Å². The number of ether oxygens (including phenoxy) is 2. The van der Waals surface area contributed by atoms with E-state index < -0.39 is 35.2 Å². The average molecular weight is 561 g/mol. The van der Waals surface area contributed by atoms with Gasteiger partial charge in [-0.15, -0.1) is 0 Å². The van der Waals surface area contributed by atoms with Crippen LogP contribution in [0.15, 0.2) is 66.2 Å². The van der Waals surface area contributed by atoms with Gasteiger partial charge in [0.25, 0.3) is 11.7 Å². The molecular formula is C28H24ClF3N2O5. The summed E-state index contributed by atoms with van der Waals surface area (Å²) in [5, 5.41) is 11.6. The van der Waals surface area contributed by atoms with E-state index in [2.05, 4.69) is 0 Å². The first kappa shape index (κ1) is 27.8. The maximum absolute atomic E-state index is 13.5. The van der Waals surface area contributed by atoms with Crippen molar-refractivity contribution >= 4 is 40.4 Å². The third kappa shape index (κ3) is 5.12. The van der Waals surface area contributed by atoms with Crippen molar-refractivity contribution in [2.24, 2.45) is 0 Å². The third-order valence-electron chi connectivity index (χ3n) is 6.35. The summed E-state index contributed by atoms with van der Waals surface area (Å²) in [7, 11) is 6.33. The molecule has 0 radical (unpaired) electrons. The van der Waals surface area contributed by atoms with Crippen LogP contribution >= 0.6 is 11.6 Å². The Morgan fingerprint density at radius 2 is 1.62 bits per heavy atom. The van der Waals surface area contributed by atoms with Gasteiger partial charge in [-0.3, -0.25) is 14.5 Å². The molecule has 7 nitrogen and oxygen atoms in total. The number of carbonyl (C=O) groups is 2. The van der Waals surface area contributed by atoms with E-state index in [1.165, 1.54) is 32.4 Å². The van der Waals surface area contributed by atoms with Crippen molar-refractivity contribution in [2.45, 2.75) is 12.2 Å². The molecule has 1 aliphatic rings. The smallest absolute Gasteiger partial charge is 0.416 e. The van der Waals surface area contributed by atoms with E-state index in [-0.39, 0.29) is 33.3 Å². The fourth-order valence-electron chi connectivity index (χ4n) is 4.39. The number of rotatable bonds is 6. The van der Waals surface area contributed by atoms with Crippen LogP contribution in [0.4, 0.5) is 24.5 Å². The molecule has 1 N–H and O–H groups in total. The molecule has 204 valence electrons. The molecular weight excluding hydrogens is 537 g/mol. The van der Waals surface area contributed by atoms with Crippen LogP contribution in [0.25, 0.3) is 5.76 Å². The molecule has 3 aromatic rings. The number of benzene rings is 3. The zero-order valence-electron chi connectivity index (χ0n) is 21.3. The summed E-state index contributed by atoms with van der Waals surface area (Å²) >= 11 is 6.19. The van der Waals surface area contributed by atoms with Gasteiger partial charge in [0.1, 0.15) is 17.3 Å². The van der Waals surface area contributed by atoms with Gasteiger partial charge in [-0.1, -0.05) is 29.8 Å². The Hall–Kier alpha value is -4.18. The van der Waals surface area contributed by atoms with Gasteiger partial charge in [0.05, 0.1) is 42.0 Å². The van der Waals surface area contributed by atoms with E-state index in [0.717, 1.165) is 28.8 Å². The molecule has 1 atom stereocenters. The second-order valence-electron chi connectivity index (χ2n) is 8.89. The van der Waals surface area contributed by atoms with Crippen LogP contribution in [0.2, 0.25) is 5.02 Å². The molecule has 1 heterocycles. The highest BCUT2D eigenvalue weighted by molar-refractivity contribution is 6.51. The maximum Gasteiger partial charge on any atom is 0.416 e. The Bertz CT molecular complexity index is 1470. The van der Waals surface area contributed by atoms with Crippen LogP contribution in [0.1, 0.15) is 22.7 Å². The first-order valence-electron chi connectivity index (χ1n) is 11.6. The number of nitrogens with zero attached hydrogens (tertiary/aromatic N) is 2. The van der Waals surface area contributed by atoms with Crippen LogP contribution < -0.4 is 19.3 Å². The Labute approximate surface area is 227 Å². The summed E-state index contributed by atoms with van der Waals surface area (Å²) in [6.07, 6.45) is -4.68. The molecule has 0 aliphatic carbocycles. The van der Waals surface area contributed by atoms with Gasteiger partial charge in [0.2, 0.25) is 0 Å². The SMILES string of the molecule is COc1cc(/C(O)=C2\C(=O)C(=O)N(c3cccc(C(F)(F)F)c3)C2c2ccc(N(C)C)cc2)c(OC)cc1Cl. The van der Waals surface area contributed by atoms with Crippen molar-refractivity contribution < 1.29 is 37.3 Å². The molecule has 1 unspecified atom stereocenters. The highest BCUT2D eigenvalue weighted by Crippen LogP contribution is 2.45. The van der Waals surface area contributed by atoms with Crippen molar-refractivity contribution in [1.29, 1.82) is 0 Å². The van der Waals surface area contributed by atoms with Crippen molar-refractivity contribution in [3.8, 4) is 11.5 Å². The van der Waals surface area contributed by atoms with E-state index in [1.54, 1.807) is 24.3 Å². The molecule has 0 aromatic heterocycles. The molecule has 4 rings (SSSR count). The molecule has 0 spiro atoms. The van der Waals surface area contributed by atoms with Crippen molar-refractivity contribution in [3.05, 3.63) is 87.9 Å². The molecule has 1 fully saturated rings. The number of anilines is 2. The number of amides is 1. The molecule has 39 heavy (non-hydrogen) atoms. The van der Waals surface area contributed by atoms with Gasteiger partial charge < -0.3 is 19.5 Å². The first-order valence-corrected chi connectivity index (χ1v) is 11.9. The highest BCUT2D eigenvalue weighted by Gasteiger charge is 2.47. The minimum atomic E-state index is -4.68. The van der Waals surface area contributed by atoms with Gasteiger partial charge >= 0.3 is 6.18 Å². The lowest BCUT2D eigenvalue weighted by atomic mass is 9.94. The lowest BCUT2D eigenvalue weighted by Crippen LogP contribution is -2.29. The summed E-state index contributed by atoms with van der Waals surface area (Å²) in [5.41, 5.74) is -0.285. The Morgan fingerprint density at radius 1 is 0.974 bits per heavy atom. The number of ketones is 1. The van der Waals surface area contributed by atoms with Crippen molar-refractivity contribution in [1.82, 2.24) is 0 Å². The number of aliphatic hydroxyl groups excluding tert-OH is 1. The Morgan fingerprint density at radius 3 is 2.18 bits per heavy atom. The number of alkyl halides is 3.